The standard InChI is InChI=1S/C18H17ClF3NO4/c1-5-9-27-15(14(16(24)23(3)4)17(25)26-6-2)12-8-7-11(19)10-13(12)18(20,21)22/h1,7-8,10H,6,9H2,2-4H3. The first-order valence-corrected chi connectivity index (χ1v) is 7.98. The molecule has 0 N–H and O–H groups in total. The zero-order chi connectivity index (χ0) is 20.8. The first-order valence-electron chi connectivity index (χ1n) is 7.61. The van der Waals surface area contributed by atoms with Gasteiger partial charge < -0.3 is 14.4 Å². The number of hydrogen-bond donors (Lipinski definition) is 0. The summed E-state index contributed by atoms with van der Waals surface area (Å²) in [5.74, 6) is -0.572. The van der Waals surface area contributed by atoms with Gasteiger partial charge in [-0.25, -0.2) is 4.79 Å². The molecule has 1 aromatic carbocycles. The zero-order valence-electron chi connectivity index (χ0n) is 14.8. The highest BCUT2D eigenvalue weighted by atomic mass is 35.5. The second-order valence-electron chi connectivity index (χ2n) is 5.30. The Labute approximate surface area is 159 Å². The van der Waals surface area contributed by atoms with E-state index in [9.17, 15) is 22.8 Å². The van der Waals surface area contributed by atoms with E-state index in [1.165, 1.54) is 27.1 Å². The van der Waals surface area contributed by atoms with Crippen LogP contribution in [0.1, 0.15) is 18.1 Å². The SMILES string of the molecule is C#CCOC(=C(C(=O)OCC)C(=O)N(C)C)c1ccc(Cl)cc1C(F)(F)F. The molecule has 1 amide bonds. The van der Waals surface area contributed by atoms with E-state index in [0.29, 0.717) is 6.07 Å². The van der Waals surface area contributed by atoms with Crippen LogP contribution in [0.25, 0.3) is 5.76 Å². The maximum Gasteiger partial charge on any atom is 0.417 e. The minimum absolute atomic E-state index is 0.0990. The lowest BCUT2D eigenvalue weighted by molar-refractivity contribution is -0.142. The van der Waals surface area contributed by atoms with Gasteiger partial charge in [-0.2, -0.15) is 13.2 Å². The van der Waals surface area contributed by atoms with Crippen molar-refractivity contribution in [2.75, 3.05) is 27.3 Å². The quantitative estimate of drug-likeness (QED) is 0.182. The Morgan fingerprint density at radius 1 is 1.26 bits per heavy atom. The summed E-state index contributed by atoms with van der Waals surface area (Å²) in [7, 11) is 2.65. The molecule has 0 fully saturated rings. The molecule has 146 valence electrons. The summed E-state index contributed by atoms with van der Waals surface area (Å²) in [6.07, 6.45) is 0.294. The van der Waals surface area contributed by atoms with Crippen LogP contribution in [0.5, 0.6) is 0 Å². The lowest BCUT2D eigenvalue weighted by atomic mass is 10.0. The van der Waals surface area contributed by atoms with Crippen molar-refractivity contribution in [2.24, 2.45) is 0 Å². The van der Waals surface area contributed by atoms with Crippen molar-refractivity contribution in [3.05, 3.63) is 39.9 Å². The van der Waals surface area contributed by atoms with E-state index in [1.54, 1.807) is 0 Å². The van der Waals surface area contributed by atoms with Crippen molar-refractivity contribution in [1.82, 2.24) is 4.90 Å². The molecule has 0 unspecified atom stereocenters. The summed E-state index contributed by atoms with van der Waals surface area (Å²) >= 11 is 5.68. The lowest BCUT2D eigenvalue weighted by Gasteiger charge is -2.20. The molecule has 0 radical (unpaired) electrons. The number of nitrogens with zero attached hydrogens (tertiary/aromatic N) is 1. The summed E-state index contributed by atoms with van der Waals surface area (Å²) in [5, 5.41) is -0.181. The number of likely N-dealkylation sites (N-methyl/N-ethyl adjacent to an activating group) is 1. The predicted octanol–water partition coefficient (Wildman–Crippen LogP) is 3.37. The van der Waals surface area contributed by atoms with Crippen LogP contribution in [0.4, 0.5) is 13.2 Å². The van der Waals surface area contributed by atoms with E-state index in [2.05, 4.69) is 5.92 Å². The van der Waals surface area contributed by atoms with Crippen LogP contribution in [0.2, 0.25) is 5.02 Å². The van der Waals surface area contributed by atoms with Crippen LogP contribution in [0.3, 0.4) is 0 Å². The number of hydrogen-bond acceptors (Lipinski definition) is 4. The van der Waals surface area contributed by atoms with Crippen LogP contribution in [0, 0.1) is 12.3 Å². The van der Waals surface area contributed by atoms with Crippen molar-refractivity contribution >= 4 is 29.2 Å². The van der Waals surface area contributed by atoms with Gasteiger partial charge in [0.2, 0.25) is 0 Å². The Morgan fingerprint density at radius 3 is 2.37 bits per heavy atom. The summed E-state index contributed by atoms with van der Waals surface area (Å²) in [6, 6.07) is 2.84. The van der Waals surface area contributed by atoms with Crippen LogP contribution < -0.4 is 0 Å². The summed E-state index contributed by atoms with van der Waals surface area (Å²) < 4.78 is 50.5. The van der Waals surface area contributed by atoms with Crippen LogP contribution in [0.15, 0.2) is 23.8 Å². The first kappa shape index (κ1) is 22.4. The van der Waals surface area contributed by atoms with Crippen LogP contribution >= 0.6 is 11.6 Å². The predicted molar refractivity (Wildman–Crippen MR) is 93.5 cm³/mol. The van der Waals surface area contributed by atoms with Crippen molar-refractivity contribution in [2.45, 2.75) is 13.1 Å². The molecule has 0 aliphatic heterocycles. The molecule has 27 heavy (non-hydrogen) atoms. The fraction of sp³-hybridized carbons (Fsp3) is 0.333. The third-order valence-corrected chi connectivity index (χ3v) is 3.39. The fourth-order valence-corrected chi connectivity index (χ4v) is 2.22. The highest BCUT2D eigenvalue weighted by Crippen LogP contribution is 2.38. The Kier molecular flexibility index (Phi) is 7.73. The molecule has 0 aromatic heterocycles. The van der Waals surface area contributed by atoms with Gasteiger partial charge in [-0.15, -0.1) is 6.42 Å². The number of ether oxygens (including phenoxy) is 2. The maximum absolute atomic E-state index is 13.5. The topological polar surface area (TPSA) is 55.8 Å². The molecule has 0 atom stereocenters. The highest BCUT2D eigenvalue weighted by molar-refractivity contribution is 6.30. The summed E-state index contributed by atoms with van der Waals surface area (Å²) in [5.41, 5.74) is -2.44. The Hall–Kier alpha value is -2.66. The molecular formula is C18H17ClF3NO4. The lowest BCUT2D eigenvalue weighted by Crippen LogP contribution is -2.30. The molecule has 1 rings (SSSR count). The normalized spacial score (nSPS) is 11.9. The zero-order valence-corrected chi connectivity index (χ0v) is 15.6. The Bertz CT molecular complexity index is 795. The minimum Gasteiger partial charge on any atom is -0.479 e. The van der Waals surface area contributed by atoms with Crippen molar-refractivity contribution in [3.63, 3.8) is 0 Å². The molecule has 9 heteroatoms. The number of terminal acetylenes is 1. The fourth-order valence-electron chi connectivity index (χ4n) is 2.05. The van der Waals surface area contributed by atoms with Gasteiger partial charge in [-0.1, -0.05) is 17.5 Å². The first-order chi connectivity index (χ1) is 12.5. The molecule has 0 spiro atoms. The molecule has 0 heterocycles. The monoisotopic (exact) mass is 403 g/mol. The molecule has 5 nitrogen and oxygen atoms in total. The van der Waals surface area contributed by atoms with E-state index < -0.39 is 47.1 Å². The number of halogens is 4. The third kappa shape index (κ3) is 5.66. The second kappa shape index (κ2) is 9.33. The third-order valence-electron chi connectivity index (χ3n) is 3.16. The number of esters is 1. The van der Waals surface area contributed by atoms with E-state index in [1.807, 2.05) is 0 Å². The Morgan fingerprint density at radius 2 is 1.89 bits per heavy atom. The number of amides is 1. The van der Waals surface area contributed by atoms with Gasteiger partial charge in [0, 0.05) is 24.7 Å². The van der Waals surface area contributed by atoms with Crippen molar-refractivity contribution < 1.29 is 32.2 Å². The molecule has 0 bridgehead atoms. The van der Waals surface area contributed by atoms with Crippen molar-refractivity contribution in [1.29, 1.82) is 0 Å². The number of alkyl halides is 3. The van der Waals surface area contributed by atoms with Gasteiger partial charge in [-0.05, 0) is 25.1 Å². The van der Waals surface area contributed by atoms with E-state index in [-0.39, 0.29) is 11.6 Å². The Balaban J connectivity index is 3.87. The van der Waals surface area contributed by atoms with E-state index in [4.69, 9.17) is 27.5 Å². The van der Waals surface area contributed by atoms with Crippen molar-refractivity contribution in [3.8, 4) is 12.3 Å². The van der Waals surface area contributed by atoms with Gasteiger partial charge in [0.25, 0.3) is 5.91 Å². The van der Waals surface area contributed by atoms with Crippen LogP contribution in [-0.4, -0.2) is 44.1 Å². The number of carbonyl (C=O) groups is 2. The molecular weight excluding hydrogens is 387 g/mol. The van der Waals surface area contributed by atoms with Gasteiger partial charge in [-0.3, -0.25) is 4.79 Å². The smallest absolute Gasteiger partial charge is 0.417 e. The number of benzene rings is 1. The molecule has 0 saturated heterocycles. The van der Waals surface area contributed by atoms with E-state index in [0.717, 1.165) is 11.0 Å². The molecule has 1 aromatic rings. The van der Waals surface area contributed by atoms with Gasteiger partial charge in [0.1, 0.15) is 12.4 Å². The average molecular weight is 404 g/mol. The maximum atomic E-state index is 13.5. The molecule has 0 aliphatic rings. The highest BCUT2D eigenvalue weighted by Gasteiger charge is 2.37. The second-order valence-corrected chi connectivity index (χ2v) is 5.74. The summed E-state index contributed by atoms with van der Waals surface area (Å²) in [6.45, 7) is 0.915. The molecule has 0 saturated carbocycles. The van der Waals surface area contributed by atoms with Gasteiger partial charge in [0.15, 0.2) is 5.57 Å². The average Bonchev–Trinajstić information content (AvgIpc) is 2.57. The van der Waals surface area contributed by atoms with E-state index >= 15 is 0 Å². The number of carbonyl (C=O) groups excluding carboxylic acids is 2. The van der Waals surface area contributed by atoms with Crippen LogP contribution in [-0.2, 0) is 25.2 Å². The van der Waals surface area contributed by atoms with Gasteiger partial charge in [0.05, 0.1) is 12.2 Å². The summed E-state index contributed by atoms with van der Waals surface area (Å²) in [4.78, 5) is 25.8. The molecule has 0 aliphatic carbocycles. The largest absolute Gasteiger partial charge is 0.479 e. The number of rotatable bonds is 6. The van der Waals surface area contributed by atoms with Gasteiger partial charge >= 0.3 is 12.1 Å². The minimum atomic E-state index is -4.83.